The van der Waals surface area contributed by atoms with Crippen molar-refractivity contribution in [2.75, 3.05) is 13.1 Å². The fourth-order valence-corrected chi connectivity index (χ4v) is 3.64. The number of carbonyl (C=O) groups excluding carboxylic acids is 1. The zero-order valence-corrected chi connectivity index (χ0v) is 15.4. The van der Waals surface area contributed by atoms with E-state index >= 15 is 0 Å². The highest BCUT2D eigenvalue weighted by molar-refractivity contribution is 5.92. The zero-order valence-electron chi connectivity index (χ0n) is 15.4. The number of hydrogen-bond donors (Lipinski definition) is 0. The van der Waals surface area contributed by atoms with Crippen LogP contribution in [0.2, 0.25) is 0 Å². The molecule has 1 atom stereocenters. The molecule has 0 spiro atoms. The van der Waals surface area contributed by atoms with E-state index in [1.165, 1.54) is 0 Å². The highest BCUT2D eigenvalue weighted by atomic mass is 16.5. The van der Waals surface area contributed by atoms with Crippen LogP contribution in [0.15, 0.2) is 41.1 Å². The average molecular weight is 363 g/mol. The van der Waals surface area contributed by atoms with Gasteiger partial charge >= 0.3 is 0 Å². The molecule has 1 amide bonds. The van der Waals surface area contributed by atoms with Gasteiger partial charge in [0.2, 0.25) is 0 Å². The predicted octanol–water partition coefficient (Wildman–Crippen LogP) is 2.85. The molecule has 7 heteroatoms. The SMILES string of the molecule is Cc1noc(C)c1-c1cccc(C[C@H]2CCN(C(=O)c3cccnn3)C2)n1. The molecule has 0 N–H and O–H groups in total. The molecule has 0 aromatic carbocycles. The fraction of sp³-hybridized carbons (Fsp3) is 0.350. The number of nitrogens with zero attached hydrogens (tertiary/aromatic N) is 5. The maximum Gasteiger partial charge on any atom is 0.274 e. The van der Waals surface area contributed by atoms with Gasteiger partial charge in [0.1, 0.15) is 5.76 Å². The molecule has 138 valence electrons. The van der Waals surface area contributed by atoms with E-state index in [1.807, 2.05) is 36.9 Å². The van der Waals surface area contributed by atoms with Gasteiger partial charge in [0, 0.05) is 25.0 Å². The van der Waals surface area contributed by atoms with Gasteiger partial charge in [0.15, 0.2) is 5.69 Å². The Bertz CT molecular complexity index is 935. The van der Waals surface area contributed by atoms with Gasteiger partial charge in [-0.2, -0.15) is 5.10 Å². The Morgan fingerprint density at radius 2 is 2.15 bits per heavy atom. The summed E-state index contributed by atoms with van der Waals surface area (Å²) >= 11 is 0. The van der Waals surface area contributed by atoms with Crippen LogP contribution >= 0.6 is 0 Å². The Kier molecular flexibility index (Phi) is 4.66. The lowest BCUT2D eigenvalue weighted by molar-refractivity contribution is 0.0780. The number of carbonyl (C=O) groups is 1. The van der Waals surface area contributed by atoms with Crippen LogP contribution in [0, 0.1) is 19.8 Å². The summed E-state index contributed by atoms with van der Waals surface area (Å²) in [5.74, 6) is 1.11. The van der Waals surface area contributed by atoms with Gasteiger partial charge in [0.25, 0.3) is 5.91 Å². The molecule has 0 unspecified atom stereocenters. The molecule has 1 fully saturated rings. The Balaban J connectivity index is 1.45. The maximum absolute atomic E-state index is 12.5. The number of hydrogen-bond acceptors (Lipinski definition) is 6. The Morgan fingerprint density at radius 3 is 2.89 bits per heavy atom. The van der Waals surface area contributed by atoms with Crippen LogP contribution in [-0.4, -0.2) is 44.2 Å². The van der Waals surface area contributed by atoms with Crippen molar-refractivity contribution in [1.82, 2.24) is 25.2 Å². The van der Waals surface area contributed by atoms with Crippen molar-refractivity contribution >= 4 is 5.91 Å². The summed E-state index contributed by atoms with van der Waals surface area (Å²) in [6.45, 7) is 5.28. The van der Waals surface area contributed by atoms with Gasteiger partial charge in [0.05, 0.1) is 17.0 Å². The summed E-state index contributed by atoms with van der Waals surface area (Å²) in [7, 11) is 0. The van der Waals surface area contributed by atoms with Gasteiger partial charge in [-0.1, -0.05) is 11.2 Å². The Labute approximate surface area is 157 Å². The minimum Gasteiger partial charge on any atom is -0.361 e. The molecular weight excluding hydrogens is 342 g/mol. The van der Waals surface area contributed by atoms with E-state index in [4.69, 9.17) is 9.51 Å². The number of pyridine rings is 1. The molecule has 1 aliphatic rings. The van der Waals surface area contributed by atoms with Gasteiger partial charge in [-0.15, -0.1) is 5.10 Å². The lowest BCUT2D eigenvalue weighted by atomic mass is 10.0. The third kappa shape index (κ3) is 3.58. The monoisotopic (exact) mass is 363 g/mol. The first-order valence-corrected chi connectivity index (χ1v) is 9.08. The van der Waals surface area contributed by atoms with Crippen LogP contribution in [0.5, 0.6) is 0 Å². The van der Waals surface area contributed by atoms with Crippen molar-refractivity contribution < 1.29 is 9.32 Å². The second kappa shape index (κ2) is 7.26. The molecule has 0 bridgehead atoms. The molecule has 4 rings (SSSR count). The largest absolute Gasteiger partial charge is 0.361 e. The molecule has 7 nitrogen and oxygen atoms in total. The van der Waals surface area contributed by atoms with Crippen LogP contribution in [0.25, 0.3) is 11.3 Å². The number of rotatable bonds is 4. The van der Waals surface area contributed by atoms with E-state index < -0.39 is 0 Å². The fourth-order valence-electron chi connectivity index (χ4n) is 3.64. The summed E-state index contributed by atoms with van der Waals surface area (Å²) in [5.41, 5.74) is 4.11. The second-order valence-corrected chi connectivity index (χ2v) is 6.93. The maximum atomic E-state index is 12.5. The number of aromatic nitrogens is 4. The smallest absolute Gasteiger partial charge is 0.274 e. The van der Waals surface area contributed by atoms with Crippen molar-refractivity contribution in [1.29, 1.82) is 0 Å². The molecule has 4 heterocycles. The number of amides is 1. The van der Waals surface area contributed by atoms with Crippen LogP contribution in [0.3, 0.4) is 0 Å². The van der Waals surface area contributed by atoms with E-state index in [0.29, 0.717) is 18.2 Å². The van der Waals surface area contributed by atoms with Gasteiger partial charge < -0.3 is 9.42 Å². The first-order chi connectivity index (χ1) is 13.1. The van der Waals surface area contributed by atoms with E-state index in [2.05, 4.69) is 15.4 Å². The van der Waals surface area contributed by atoms with Crippen LogP contribution in [-0.2, 0) is 6.42 Å². The molecular formula is C20H21N5O2. The molecule has 0 radical (unpaired) electrons. The third-order valence-electron chi connectivity index (χ3n) is 4.96. The summed E-state index contributed by atoms with van der Waals surface area (Å²) in [6.07, 6.45) is 3.37. The minimum atomic E-state index is -0.0527. The Morgan fingerprint density at radius 1 is 1.26 bits per heavy atom. The van der Waals surface area contributed by atoms with E-state index in [-0.39, 0.29) is 5.91 Å². The van der Waals surface area contributed by atoms with Gasteiger partial charge in [-0.25, -0.2) is 0 Å². The van der Waals surface area contributed by atoms with Crippen molar-refractivity contribution in [3.63, 3.8) is 0 Å². The topological polar surface area (TPSA) is 85.0 Å². The molecule has 0 aliphatic carbocycles. The standard InChI is InChI=1S/C20H21N5O2/c1-13-19(14(2)27-24-13)17-6-3-5-16(22-17)11-15-8-10-25(12-15)20(26)18-7-4-9-21-23-18/h3-7,9,15H,8,10-12H2,1-2H3/t15-/m1/s1. The summed E-state index contributed by atoms with van der Waals surface area (Å²) in [4.78, 5) is 19.2. The van der Waals surface area contributed by atoms with Crippen molar-refractivity contribution in [3.05, 3.63) is 59.4 Å². The van der Waals surface area contributed by atoms with Gasteiger partial charge in [-0.05, 0) is 56.9 Å². The van der Waals surface area contributed by atoms with E-state index in [9.17, 15) is 4.79 Å². The van der Waals surface area contributed by atoms with E-state index in [0.717, 1.165) is 47.8 Å². The summed E-state index contributed by atoms with van der Waals surface area (Å²) in [6, 6.07) is 9.47. The molecule has 1 saturated heterocycles. The van der Waals surface area contributed by atoms with Crippen molar-refractivity contribution in [3.8, 4) is 11.3 Å². The first kappa shape index (κ1) is 17.3. The summed E-state index contributed by atoms with van der Waals surface area (Å²) < 4.78 is 5.26. The molecule has 0 saturated carbocycles. The van der Waals surface area contributed by atoms with Gasteiger partial charge in [-0.3, -0.25) is 9.78 Å². The zero-order chi connectivity index (χ0) is 18.8. The Hall–Kier alpha value is -3.09. The predicted molar refractivity (Wildman–Crippen MR) is 99.0 cm³/mol. The lowest BCUT2D eigenvalue weighted by Gasteiger charge is -2.15. The number of likely N-dealkylation sites (tertiary alicyclic amines) is 1. The molecule has 3 aromatic rings. The number of aryl methyl sites for hydroxylation is 2. The second-order valence-electron chi connectivity index (χ2n) is 6.93. The highest BCUT2D eigenvalue weighted by Gasteiger charge is 2.28. The molecule has 1 aliphatic heterocycles. The average Bonchev–Trinajstić information content (AvgIpc) is 3.28. The lowest BCUT2D eigenvalue weighted by Crippen LogP contribution is -2.29. The van der Waals surface area contributed by atoms with Crippen molar-refractivity contribution in [2.24, 2.45) is 5.92 Å². The van der Waals surface area contributed by atoms with E-state index in [1.54, 1.807) is 18.3 Å². The highest BCUT2D eigenvalue weighted by Crippen LogP contribution is 2.27. The molecule has 27 heavy (non-hydrogen) atoms. The normalized spacial score (nSPS) is 16.7. The molecule has 3 aromatic heterocycles. The third-order valence-corrected chi connectivity index (χ3v) is 4.96. The van der Waals surface area contributed by atoms with Crippen molar-refractivity contribution in [2.45, 2.75) is 26.7 Å². The van der Waals surface area contributed by atoms with Crippen LogP contribution in [0.4, 0.5) is 0 Å². The quantitative estimate of drug-likeness (QED) is 0.709. The summed E-state index contributed by atoms with van der Waals surface area (Å²) in [5, 5.41) is 11.7. The van der Waals surface area contributed by atoms with Crippen LogP contribution in [0.1, 0.15) is 34.1 Å². The minimum absolute atomic E-state index is 0.0527. The first-order valence-electron chi connectivity index (χ1n) is 9.08. The van der Waals surface area contributed by atoms with Crippen LogP contribution < -0.4 is 0 Å².